The summed E-state index contributed by atoms with van der Waals surface area (Å²) in [5, 5.41) is 0.120. The van der Waals surface area contributed by atoms with E-state index in [1.807, 2.05) is 0 Å². The van der Waals surface area contributed by atoms with Crippen LogP contribution in [0.1, 0.15) is 62.5 Å². The highest BCUT2D eigenvalue weighted by Crippen LogP contribution is 2.27. The van der Waals surface area contributed by atoms with E-state index in [1.54, 1.807) is 0 Å². The number of alkyl halides is 1. The molecule has 0 aliphatic carbocycles. The van der Waals surface area contributed by atoms with Crippen LogP contribution >= 0.6 is 11.6 Å². The second-order valence-corrected chi connectivity index (χ2v) is 6.95. The Balaban J connectivity index is 1.90. The first kappa shape index (κ1) is 15.9. The highest BCUT2D eigenvalue weighted by molar-refractivity contribution is 6.21. The lowest BCUT2D eigenvalue weighted by Gasteiger charge is -2.31. The van der Waals surface area contributed by atoms with Crippen LogP contribution in [0.25, 0.3) is 0 Å². The summed E-state index contributed by atoms with van der Waals surface area (Å²) in [5.74, 6) is 1.52. The third-order valence-corrected chi connectivity index (χ3v) is 5.16. The first-order valence-corrected chi connectivity index (χ1v) is 8.50. The van der Waals surface area contributed by atoms with Crippen molar-refractivity contribution in [2.75, 3.05) is 19.6 Å². The number of rotatable bonds is 5. The van der Waals surface area contributed by atoms with Gasteiger partial charge in [0, 0.05) is 6.54 Å². The van der Waals surface area contributed by atoms with Gasteiger partial charge in [-0.2, -0.15) is 0 Å². The van der Waals surface area contributed by atoms with Crippen molar-refractivity contribution in [3.8, 4) is 0 Å². The molecule has 1 aliphatic rings. The molecule has 0 spiro atoms. The van der Waals surface area contributed by atoms with Gasteiger partial charge in [-0.3, -0.25) is 0 Å². The van der Waals surface area contributed by atoms with Crippen LogP contribution in [-0.4, -0.2) is 24.5 Å². The van der Waals surface area contributed by atoms with Gasteiger partial charge in [0.25, 0.3) is 0 Å². The first-order valence-electron chi connectivity index (χ1n) is 8.06. The predicted octanol–water partition coefficient (Wildman–Crippen LogP) is 5.21. The van der Waals surface area contributed by atoms with E-state index in [-0.39, 0.29) is 5.38 Å². The number of hydrogen-bond acceptors (Lipinski definition) is 1. The van der Waals surface area contributed by atoms with Crippen LogP contribution in [0.2, 0.25) is 0 Å². The van der Waals surface area contributed by atoms with Crippen molar-refractivity contribution < 1.29 is 0 Å². The molecule has 2 unspecified atom stereocenters. The Hall–Kier alpha value is -0.530. The number of nitrogens with zero attached hydrogens (tertiary/aromatic N) is 1. The van der Waals surface area contributed by atoms with Crippen molar-refractivity contribution >= 4 is 11.6 Å². The summed E-state index contributed by atoms with van der Waals surface area (Å²) in [6.45, 7) is 10.3. The van der Waals surface area contributed by atoms with Crippen molar-refractivity contribution in [3.63, 3.8) is 0 Å². The minimum atomic E-state index is 0.120. The number of hydrogen-bond donors (Lipinski definition) is 0. The maximum atomic E-state index is 6.60. The summed E-state index contributed by atoms with van der Waals surface area (Å²) in [4.78, 5) is 2.51. The summed E-state index contributed by atoms with van der Waals surface area (Å²) in [5.41, 5.74) is 2.68. The topological polar surface area (TPSA) is 3.24 Å². The Bertz CT molecular complexity index is 392. The minimum absolute atomic E-state index is 0.120. The van der Waals surface area contributed by atoms with E-state index < -0.39 is 0 Å². The Morgan fingerprint density at radius 3 is 2.25 bits per heavy atom. The highest BCUT2D eigenvalue weighted by Gasteiger charge is 2.19. The number of likely N-dealkylation sites (tertiary alicyclic amines) is 1. The van der Waals surface area contributed by atoms with Gasteiger partial charge in [0.2, 0.25) is 0 Å². The Morgan fingerprint density at radius 2 is 1.70 bits per heavy atom. The fourth-order valence-electron chi connectivity index (χ4n) is 2.85. The van der Waals surface area contributed by atoms with Crippen LogP contribution in [0.4, 0.5) is 0 Å². The molecule has 1 nitrogen and oxygen atoms in total. The van der Waals surface area contributed by atoms with Crippen molar-refractivity contribution in [1.29, 1.82) is 0 Å². The Kier molecular flexibility index (Phi) is 5.92. The maximum Gasteiger partial charge on any atom is 0.0712 e. The molecule has 1 saturated heterocycles. The van der Waals surface area contributed by atoms with Crippen LogP contribution in [0.15, 0.2) is 24.3 Å². The van der Waals surface area contributed by atoms with Gasteiger partial charge in [-0.25, -0.2) is 0 Å². The van der Waals surface area contributed by atoms with Crippen molar-refractivity contribution in [1.82, 2.24) is 4.90 Å². The number of halogens is 1. The zero-order valence-corrected chi connectivity index (χ0v) is 13.9. The van der Waals surface area contributed by atoms with E-state index in [2.05, 4.69) is 49.9 Å². The van der Waals surface area contributed by atoms with Gasteiger partial charge in [0.15, 0.2) is 0 Å². The van der Waals surface area contributed by atoms with Gasteiger partial charge in [-0.15, -0.1) is 11.6 Å². The lowest BCUT2D eigenvalue weighted by atomic mass is 9.96. The van der Waals surface area contributed by atoms with E-state index in [0.717, 1.165) is 12.5 Å². The second-order valence-electron chi connectivity index (χ2n) is 6.43. The zero-order chi connectivity index (χ0) is 14.5. The molecule has 1 aliphatic heterocycles. The van der Waals surface area contributed by atoms with E-state index in [1.165, 1.54) is 43.5 Å². The molecule has 112 valence electrons. The fourth-order valence-corrected chi connectivity index (χ4v) is 3.19. The normalized spacial score (nSPS) is 20.8. The summed E-state index contributed by atoms with van der Waals surface area (Å²) in [6.07, 6.45) is 3.82. The van der Waals surface area contributed by atoms with Gasteiger partial charge < -0.3 is 4.90 Å². The molecular formula is C18H28ClN. The van der Waals surface area contributed by atoms with Crippen LogP contribution in [0, 0.1) is 5.92 Å². The van der Waals surface area contributed by atoms with Crippen LogP contribution in [0.5, 0.6) is 0 Å². The summed E-state index contributed by atoms with van der Waals surface area (Å²) in [6, 6.07) is 8.92. The van der Waals surface area contributed by atoms with E-state index >= 15 is 0 Å². The van der Waals surface area contributed by atoms with Crippen LogP contribution in [-0.2, 0) is 0 Å². The van der Waals surface area contributed by atoms with E-state index in [9.17, 15) is 0 Å². The largest absolute Gasteiger partial charge is 0.302 e. The number of piperidine rings is 1. The van der Waals surface area contributed by atoms with Crippen molar-refractivity contribution in [3.05, 3.63) is 35.4 Å². The van der Waals surface area contributed by atoms with E-state index in [4.69, 9.17) is 11.6 Å². The van der Waals surface area contributed by atoms with Gasteiger partial charge in [0.1, 0.15) is 0 Å². The average Bonchev–Trinajstić information content (AvgIpc) is 2.49. The van der Waals surface area contributed by atoms with Gasteiger partial charge >= 0.3 is 0 Å². The second kappa shape index (κ2) is 7.47. The van der Waals surface area contributed by atoms with E-state index in [0.29, 0.717) is 5.92 Å². The molecule has 0 saturated carbocycles. The van der Waals surface area contributed by atoms with Crippen molar-refractivity contribution in [2.24, 2.45) is 5.92 Å². The van der Waals surface area contributed by atoms with Gasteiger partial charge in [-0.05, 0) is 55.3 Å². The molecule has 1 fully saturated rings. The zero-order valence-electron chi connectivity index (χ0n) is 13.1. The minimum Gasteiger partial charge on any atom is -0.302 e. The molecule has 20 heavy (non-hydrogen) atoms. The monoisotopic (exact) mass is 293 g/mol. The molecule has 0 aromatic heterocycles. The summed E-state index contributed by atoms with van der Waals surface area (Å²) < 4.78 is 0. The lowest BCUT2D eigenvalue weighted by Crippen LogP contribution is -2.35. The van der Waals surface area contributed by atoms with Gasteiger partial charge in [-0.1, -0.05) is 45.0 Å². The molecule has 0 radical (unpaired) electrons. The van der Waals surface area contributed by atoms with Crippen molar-refractivity contribution in [2.45, 2.75) is 51.3 Å². The Labute approximate surface area is 129 Å². The maximum absolute atomic E-state index is 6.60. The van der Waals surface area contributed by atoms with Crippen LogP contribution < -0.4 is 0 Å². The molecule has 0 amide bonds. The molecule has 1 heterocycles. The quantitative estimate of drug-likeness (QED) is 0.673. The lowest BCUT2D eigenvalue weighted by molar-refractivity contribution is 0.192. The molecule has 2 rings (SSSR count). The molecule has 2 heteroatoms. The average molecular weight is 294 g/mol. The predicted molar refractivity (Wildman–Crippen MR) is 88.6 cm³/mol. The third kappa shape index (κ3) is 4.23. The standard InChI is InChI=1S/C18H28ClN/c1-4-15(3)16-5-7-17(8-6-16)18(19)13-20-11-9-14(2)10-12-20/h5-8,14-15,18H,4,9-13H2,1-3H3. The molecular weight excluding hydrogens is 266 g/mol. The third-order valence-electron chi connectivity index (χ3n) is 4.77. The molecule has 2 atom stereocenters. The molecule has 1 aromatic rings. The molecule has 0 bridgehead atoms. The SMILES string of the molecule is CCC(C)c1ccc(C(Cl)CN2CCC(C)CC2)cc1. The number of benzene rings is 1. The molecule has 1 aromatic carbocycles. The fraction of sp³-hybridized carbons (Fsp3) is 0.667. The highest BCUT2D eigenvalue weighted by atomic mass is 35.5. The smallest absolute Gasteiger partial charge is 0.0712 e. The summed E-state index contributed by atoms with van der Waals surface area (Å²) in [7, 11) is 0. The van der Waals surface area contributed by atoms with Gasteiger partial charge in [0.05, 0.1) is 5.38 Å². The summed E-state index contributed by atoms with van der Waals surface area (Å²) >= 11 is 6.60. The Morgan fingerprint density at radius 1 is 1.15 bits per heavy atom. The molecule has 0 N–H and O–H groups in total. The first-order chi connectivity index (χ1) is 9.60. The van der Waals surface area contributed by atoms with Crippen LogP contribution in [0.3, 0.4) is 0 Å².